The van der Waals surface area contributed by atoms with Crippen LogP contribution in [-0.2, 0) is 4.79 Å². The first kappa shape index (κ1) is 13.8. The number of likely N-dealkylation sites (tertiary alicyclic amines) is 2. The Hall–Kier alpha value is -1.14. The van der Waals surface area contributed by atoms with Gasteiger partial charge >= 0.3 is 0 Å². The topological polar surface area (TPSA) is 45.7 Å². The van der Waals surface area contributed by atoms with E-state index in [1.54, 1.807) is 12.4 Å². The molecule has 0 spiro atoms. The zero-order valence-electron chi connectivity index (χ0n) is 11.5. The van der Waals surface area contributed by atoms with Crippen molar-refractivity contribution in [1.29, 1.82) is 0 Å². The fourth-order valence-corrected chi connectivity index (χ4v) is 3.27. The zero-order valence-corrected chi connectivity index (χ0v) is 13.0. The highest BCUT2D eigenvalue weighted by atomic mass is 79.9. The molecule has 2 aliphatic rings. The van der Waals surface area contributed by atoms with Gasteiger partial charge in [-0.15, -0.1) is 0 Å². The summed E-state index contributed by atoms with van der Waals surface area (Å²) in [6.07, 6.45) is 5.49. The monoisotopic (exact) mass is 339 g/mol. The lowest BCUT2D eigenvalue weighted by molar-refractivity contribution is -0.130. The Balaban J connectivity index is 1.58. The highest BCUT2D eigenvalue weighted by molar-refractivity contribution is 9.10. The number of ether oxygens (including phenoxy) is 1. The first-order valence-corrected chi connectivity index (χ1v) is 7.69. The summed E-state index contributed by atoms with van der Waals surface area (Å²) < 4.78 is 6.86. The number of likely N-dealkylation sites (N-methyl/N-ethyl adjacent to an activating group) is 1. The number of hydrogen-bond donors (Lipinski definition) is 0. The minimum absolute atomic E-state index is 0.0502. The standard InChI is InChI=1S/C14H18BrN3O2/c1-17-4-3-13(14(17)19)18-5-2-11(9-18)20-12-6-10(15)7-16-8-12/h6-8,11,13H,2-5,9H2,1H3. The van der Waals surface area contributed by atoms with Crippen LogP contribution in [0.3, 0.4) is 0 Å². The summed E-state index contributed by atoms with van der Waals surface area (Å²) in [4.78, 5) is 20.2. The molecule has 2 unspecified atom stereocenters. The third-order valence-corrected chi connectivity index (χ3v) is 4.43. The van der Waals surface area contributed by atoms with Gasteiger partial charge in [0.25, 0.3) is 0 Å². The van der Waals surface area contributed by atoms with Gasteiger partial charge in [0.2, 0.25) is 5.91 Å². The summed E-state index contributed by atoms with van der Waals surface area (Å²) >= 11 is 3.39. The van der Waals surface area contributed by atoms with Gasteiger partial charge in [0.05, 0.1) is 12.2 Å². The number of carbonyl (C=O) groups is 1. The Labute approximate surface area is 127 Å². The smallest absolute Gasteiger partial charge is 0.239 e. The maximum absolute atomic E-state index is 12.0. The van der Waals surface area contributed by atoms with E-state index in [-0.39, 0.29) is 18.1 Å². The molecule has 0 N–H and O–H groups in total. The van der Waals surface area contributed by atoms with E-state index < -0.39 is 0 Å². The summed E-state index contributed by atoms with van der Waals surface area (Å²) in [5.41, 5.74) is 0. The minimum atomic E-state index is 0.0502. The van der Waals surface area contributed by atoms with E-state index in [0.717, 1.165) is 42.7 Å². The first-order chi connectivity index (χ1) is 9.63. The molecule has 0 aliphatic carbocycles. The van der Waals surface area contributed by atoms with Crippen molar-refractivity contribution < 1.29 is 9.53 Å². The highest BCUT2D eigenvalue weighted by Crippen LogP contribution is 2.24. The molecule has 5 nitrogen and oxygen atoms in total. The predicted octanol–water partition coefficient (Wildman–Crippen LogP) is 1.53. The number of rotatable bonds is 3. The van der Waals surface area contributed by atoms with Crippen LogP contribution in [0.25, 0.3) is 0 Å². The molecule has 0 aromatic carbocycles. The number of aromatic nitrogens is 1. The van der Waals surface area contributed by atoms with Gasteiger partial charge in [-0.3, -0.25) is 14.7 Å². The molecule has 20 heavy (non-hydrogen) atoms. The second kappa shape index (κ2) is 5.69. The van der Waals surface area contributed by atoms with Gasteiger partial charge in [-0.1, -0.05) is 0 Å². The molecule has 0 bridgehead atoms. The van der Waals surface area contributed by atoms with Crippen LogP contribution in [0.5, 0.6) is 5.75 Å². The van der Waals surface area contributed by atoms with Gasteiger partial charge in [0.1, 0.15) is 11.9 Å². The largest absolute Gasteiger partial charge is 0.487 e. The van der Waals surface area contributed by atoms with Crippen molar-refractivity contribution in [2.75, 3.05) is 26.7 Å². The third-order valence-electron chi connectivity index (χ3n) is 4.00. The molecule has 6 heteroatoms. The molecule has 0 radical (unpaired) electrons. The number of amides is 1. The van der Waals surface area contributed by atoms with E-state index in [9.17, 15) is 4.79 Å². The third kappa shape index (κ3) is 2.81. The van der Waals surface area contributed by atoms with Crippen LogP contribution in [-0.4, -0.2) is 59.5 Å². The van der Waals surface area contributed by atoms with Crippen molar-refractivity contribution in [3.63, 3.8) is 0 Å². The molecule has 2 saturated heterocycles. The average Bonchev–Trinajstić information content (AvgIpc) is 2.98. The number of carbonyl (C=O) groups excluding carboxylic acids is 1. The Morgan fingerprint density at radius 1 is 1.35 bits per heavy atom. The Morgan fingerprint density at radius 3 is 2.90 bits per heavy atom. The quantitative estimate of drug-likeness (QED) is 0.837. The maximum Gasteiger partial charge on any atom is 0.239 e. The second-order valence-corrected chi connectivity index (χ2v) is 6.34. The lowest BCUT2D eigenvalue weighted by atomic mass is 10.2. The van der Waals surface area contributed by atoms with Crippen LogP contribution in [0.2, 0.25) is 0 Å². The Bertz CT molecular complexity index is 511. The van der Waals surface area contributed by atoms with Crippen molar-refractivity contribution in [3.8, 4) is 5.75 Å². The lowest BCUT2D eigenvalue weighted by Gasteiger charge is -2.22. The van der Waals surface area contributed by atoms with Gasteiger partial charge in [-0.05, 0) is 34.8 Å². The number of halogens is 1. The molecular formula is C14H18BrN3O2. The first-order valence-electron chi connectivity index (χ1n) is 6.90. The van der Waals surface area contributed by atoms with Gasteiger partial charge in [0.15, 0.2) is 0 Å². The Kier molecular flexibility index (Phi) is 3.94. The number of nitrogens with zero attached hydrogens (tertiary/aromatic N) is 3. The van der Waals surface area contributed by atoms with Crippen molar-refractivity contribution >= 4 is 21.8 Å². The summed E-state index contributed by atoms with van der Waals surface area (Å²) in [5.74, 6) is 1.02. The summed E-state index contributed by atoms with van der Waals surface area (Å²) in [7, 11) is 1.87. The molecule has 3 rings (SSSR count). The molecule has 1 amide bonds. The second-order valence-electron chi connectivity index (χ2n) is 5.43. The van der Waals surface area contributed by atoms with Crippen LogP contribution < -0.4 is 4.74 Å². The van der Waals surface area contributed by atoms with Crippen molar-refractivity contribution in [2.24, 2.45) is 0 Å². The van der Waals surface area contributed by atoms with E-state index in [2.05, 4.69) is 25.8 Å². The van der Waals surface area contributed by atoms with Gasteiger partial charge in [0, 0.05) is 37.4 Å². The summed E-state index contributed by atoms with van der Waals surface area (Å²) in [6, 6.07) is 1.97. The van der Waals surface area contributed by atoms with Gasteiger partial charge in [-0.25, -0.2) is 0 Å². The summed E-state index contributed by atoms with van der Waals surface area (Å²) in [6.45, 7) is 2.61. The van der Waals surface area contributed by atoms with E-state index in [0.29, 0.717) is 0 Å². The van der Waals surface area contributed by atoms with E-state index >= 15 is 0 Å². The van der Waals surface area contributed by atoms with Crippen LogP contribution in [0.15, 0.2) is 22.9 Å². The van der Waals surface area contributed by atoms with Crippen LogP contribution in [0, 0.1) is 0 Å². The van der Waals surface area contributed by atoms with Crippen molar-refractivity contribution in [3.05, 3.63) is 22.9 Å². The van der Waals surface area contributed by atoms with Gasteiger partial charge in [-0.2, -0.15) is 0 Å². The maximum atomic E-state index is 12.0. The average molecular weight is 340 g/mol. The number of pyridine rings is 1. The van der Waals surface area contributed by atoms with Crippen molar-refractivity contribution in [1.82, 2.24) is 14.8 Å². The molecule has 3 heterocycles. The lowest BCUT2D eigenvalue weighted by Crippen LogP contribution is -2.40. The normalized spacial score (nSPS) is 27.3. The zero-order chi connectivity index (χ0) is 14.1. The van der Waals surface area contributed by atoms with Crippen LogP contribution in [0.4, 0.5) is 0 Å². The summed E-state index contributed by atoms with van der Waals surface area (Å²) in [5, 5.41) is 0. The molecule has 108 valence electrons. The molecule has 1 aromatic rings. The SMILES string of the molecule is CN1CCC(N2CCC(Oc3cncc(Br)c3)C2)C1=O. The predicted molar refractivity (Wildman–Crippen MR) is 78.6 cm³/mol. The molecule has 2 atom stereocenters. The molecule has 0 saturated carbocycles. The Morgan fingerprint density at radius 2 is 2.20 bits per heavy atom. The number of hydrogen-bond acceptors (Lipinski definition) is 4. The molecule has 2 fully saturated rings. The van der Waals surface area contributed by atoms with Crippen LogP contribution in [0.1, 0.15) is 12.8 Å². The highest BCUT2D eigenvalue weighted by Gasteiger charge is 2.38. The molecule has 2 aliphatic heterocycles. The van der Waals surface area contributed by atoms with E-state index in [1.807, 2.05) is 18.0 Å². The minimum Gasteiger partial charge on any atom is -0.487 e. The van der Waals surface area contributed by atoms with Crippen molar-refractivity contribution in [2.45, 2.75) is 25.0 Å². The van der Waals surface area contributed by atoms with E-state index in [1.165, 1.54) is 0 Å². The molecular weight excluding hydrogens is 322 g/mol. The fourth-order valence-electron chi connectivity index (χ4n) is 2.93. The molecule has 1 aromatic heterocycles. The van der Waals surface area contributed by atoms with Crippen LogP contribution >= 0.6 is 15.9 Å². The van der Waals surface area contributed by atoms with E-state index in [4.69, 9.17) is 4.74 Å². The van der Waals surface area contributed by atoms with Gasteiger partial charge < -0.3 is 9.64 Å². The fraction of sp³-hybridized carbons (Fsp3) is 0.571.